The molecule has 0 saturated heterocycles. The number of fused-ring (bicyclic) bond motifs is 4. The number of benzene rings is 2. The highest BCUT2D eigenvalue weighted by Crippen LogP contribution is 2.48. The van der Waals surface area contributed by atoms with E-state index < -0.39 is 26.8 Å². The van der Waals surface area contributed by atoms with Gasteiger partial charge in [-0.3, -0.25) is 4.79 Å². The van der Waals surface area contributed by atoms with Crippen LogP contribution in [-0.2, 0) is 21.9 Å². The molecule has 2 aromatic carbocycles. The average Bonchev–Trinajstić information content (AvgIpc) is 3.05. The van der Waals surface area contributed by atoms with Gasteiger partial charge in [-0.2, -0.15) is 0 Å². The van der Waals surface area contributed by atoms with Crippen LogP contribution in [0.5, 0.6) is 5.75 Å². The lowest BCUT2D eigenvalue weighted by Gasteiger charge is -2.49. The minimum absolute atomic E-state index is 0.170. The first-order chi connectivity index (χ1) is 19.5. The van der Waals surface area contributed by atoms with Gasteiger partial charge in [0.2, 0.25) is 10.0 Å². The van der Waals surface area contributed by atoms with E-state index in [1.807, 2.05) is 13.0 Å². The summed E-state index contributed by atoms with van der Waals surface area (Å²) in [6, 6.07) is 11.4. The number of aliphatic hydroxyl groups is 1. The maximum Gasteiger partial charge on any atom is 0.264 e. The number of aryl methyl sites for hydroxylation is 1. The number of hydrogen-bond donors (Lipinski definition) is 2. The molecule has 2 aromatic rings. The summed E-state index contributed by atoms with van der Waals surface area (Å²) in [5.41, 5.74) is 2.57. The van der Waals surface area contributed by atoms with Crippen molar-refractivity contribution in [2.75, 3.05) is 24.6 Å². The van der Waals surface area contributed by atoms with Crippen LogP contribution in [0, 0.1) is 11.8 Å². The van der Waals surface area contributed by atoms with Crippen molar-refractivity contribution in [2.24, 2.45) is 11.8 Å². The Kier molecular flexibility index (Phi) is 7.56. The Morgan fingerprint density at radius 1 is 1.07 bits per heavy atom. The molecule has 6 rings (SSSR count). The third-order valence-electron chi connectivity index (χ3n) is 10.3. The molecule has 0 radical (unpaired) electrons. The molecule has 9 heteroatoms. The predicted octanol–water partition coefficient (Wildman–Crippen LogP) is 5.61. The van der Waals surface area contributed by atoms with Gasteiger partial charge in [0.25, 0.3) is 5.91 Å². The Balaban J connectivity index is 1.42. The van der Waals surface area contributed by atoms with Crippen LogP contribution >= 0.6 is 11.6 Å². The molecule has 0 aromatic heterocycles. The number of amides is 1. The number of nitrogens with zero attached hydrogens (tertiary/aromatic N) is 1. The minimum atomic E-state index is -3.84. The van der Waals surface area contributed by atoms with Gasteiger partial charge in [-0.05, 0) is 112 Å². The molecule has 2 heterocycles. The van der Waals surface area contributed by atoms with Gasteiger partial charge >= 0.3 is 0 Å². The monoisotopic (exact) mass is 600 g/mol. The number of anilines is 1. The summed E-state index contributed by atoms with van der Waals surface area (Å²) in [6.45, 7) is 5.55. The third-order valence-corrected chi connectivity index (χ3v) is 12.3. The summed E-state index contributed by atoms with van der Waals surface area (Å²) in [5.74, 6) is 0.558. The predicted molar refractivity (Wildman–Crippen MR) is 161 cm³/mol. The summed E-state index contributed by atoms with van der Waals surface area (Å²) in [7, 11) is -3.84. The van der Waals surface area contributed by atoms with Gasteiger partial charge in [0.15, 0.2) is 0 Å². The quantitative estimate of drug-likeness (QED) is 0.408. The molecular weight excluding hydrogens is 560 g/mol. The van der Waals surface area contributed by atoms with Gasteiger partial charge in [0, 0.05) is 29.1 Å². The molecule has 5 atom stereocenters. The fourth-order valence-electron chi connectivity index (χ4n) is 7.69. The number of carbonyl (C=O) groups is 1. The molecule has 2 bridgehead atoms. The molecule has 1 fully saturated rings. The van der Waals surface area contributed by atoms with Crippen LogP contribution in [0.25, 0.3) is 0 Å². The first-order valence-electron chi connectivity index (χ1n) is 15.1. The summed E-state index contributed by atoms with van der Waals surface area (Å²) >= 11 is 6.39. The maximum absolute atomic E-state index is 13.3. The molecule has 2 aliphatic carbocycles. The zero-order valence-corrected chi connectivity index (χ0v) is 25.6. The zero-order chi connectivity index (χ0) is 29.0. The van der Waals surface area contributed by atoms with Crippen molar-refractivity contribution < 1.29 is 23.1 Å². The molecule has 7 nitrogen and oxygen atoms in total. The highest BCUT2D eigenvalue weighted by atomic mass is 35.5. The van der Waals surface area contributed by atoms with E-state index in [1.165, 1.54) is 11.1 Å². The lowest BCUT2D eigenvalue weighted by atomic mass is 9.63. The van der Waals surface area contributed by atoms with E-state index in [9.17, 15) is 18.3 Å². The van der Waals surface area contributed by atoms with Crippen molar-refractivity contribution in [3.05, 3.63) is 58.1 Å². The van der Waals surface area contributed by atoms with Crippen molar-refractivity contribution in [2.45, 2.75) is 87.9 Å². The average molecular weight is 601 g/mol. The summed E-state index contributed by atoms with van der Waals surface area (Å²) < 4.78 is 34.9. The standard InChI is InChI=1S/C32H41ClN2O5S/c1-21-6-3-4-14-31(2,37)26-11-8-24(26)18-35-19-32(15-5-7-22-16-25(33)10-12-27(22)32)20-40-29-13-9-23(17-28(29)35)30(36)34-41(21,38)39/h9-10,12-13,16-17,21,24,26,37H,3-8,11,14-15,18-20H2,1-2H3,(H,34,36)/t21-,24+,26-,31+,32+/m1/s1. The number of carbonyl (C=O) groups excluding carboxylic acids is 1. The largest absolute Gasteiger partial charge is 0.490 e. The highest BCUT2D eigenvalue weighted by molar-refractivity contribution is 7.90. The van der Waals surface area contributed by atoms with Crippen molar-refractivity contribution in [1.82, 2.24) is 4.72 Å². The molecule has 2 aliphatic heterocycles. The van der Waals surface area contributed by atoms with Crippen molar-refractivity contribution >= 4 is 33.2 Å². The Morgan fingerprint density at radius 2 is 1.90 bits per heavy atom. The van der Waals surface area contributed by atoms with Crippen LogP contribution in [0.1, 0.15) is 86.7 Å². The molecule has 41 heavy (non-hydrogen) atoms. The van der Waals surface area contributed by atoms with E-state index >= 15 is 0 Å². The smallest absolute Gasteiger partial charge is 0.264 e. The highest BCUT2D eigenvalue weighted by Gasteiger charge is 2.47. The van der Waals surface area contributed by atoms with Gasteiger partial charge in [-0.25, -0.2) is 13.1 Å². The summed E-state index contributed by atoms with van der Waals surface area (Å²) in [5, 5.41) is 11.6. The normalized spacial score (nSPS) is 33.4. The zero-order valence-electron chi connectivity index (χ0n) is 24.0. The number of rotatable bonds is 0. The number of sulfonamides is 1. The number of halogens is 1. The minimum Gasteiger partial charge on any atom is -0.490 e. The van der Waals surface area contributed by atoms with Crippen molar-refractivity contribution in [1.29, 1.82) is 0 Å². The van der Waals surface area contributed by atoms with Crippen LogP contribution in [-0.4, -0.2) is 50.0 Å². The van der Waals surface area contributed by atoms with Gasteiger partial charge in [0.05, 0.1) is 23.1 Å². The topological polar surface area (TPSA) is 95.9 Å². The Labute approximate surface area is 248 Å². The second-order valence-electron chi connectivity index (χ2n) is 13.1. The van der Waals surface area contributed by atoms with E-state index in [2.05, 4.69) is 21.8 Å². The second-order valence-corrected chi connectivity index (χ2v) is 15.7. The fraction of sp³-hybridized carbons (Fsp3) is 0.594. The molecule has 2 N–H and O–H groups in total. The summed E-state index contributed by atoms with van der Waals surface area (Å²) in [4.78, 5) is 15.6. The van der Waals surface area contributed by atoms with Crippen LogP contribution in [0.2, 0.25) is 5.02 Å². The van der Waals surface area contributed by atoms with Crippen LogP contribution in [0.15, 0.2) is 36.4 Å². The van der Waals surface area contributed by atoms with Crippen molar-refractivity contribution in [3.8, 4) is 5.75 Å². The van der Waals surface area contributed by atoms with Crippen LogP contribution in [0.3, 0.4) is 0 Å². The molecule has 0 unspecified atom stereocenters. The Bertz CT molecular complexity index is 1440. The lowest BCUT2D eigenvalue weighted by molar-refractivity contribution is -0.0742. The SMILES string of the molecule is C[C@@H]1CCCC[C@](C)(O)[C@@H]2CC[C@H]2CN2C[C@@]3(CCCc4cc(Cl)ccc43)COc3ccc(cc32)C(=O)NS1(=O)=O. The van der Waals surface area contributed by atoms with E-state index in [0.29, 0.717) is 49.6 Å². The van der Waals surface area contributed by atoms with Gasteiger partial charge in [-0.1, -0.05) is 30.5 Å². The maximum atomic E-state index is 13.3. The Morgan fingerprint density at radius 3 is 2.68 bits per heavy atom. The fourth-order valence-corrected chi connectivity index (χ4v) is 8.94. The summed E-state index contributed by atoms with van der Waals surface area (Å²) in [6.07, 6.45) is 7.51. The van der Waals surface area contributed by atoms with E-state index in [1.54, 1.807) is 25.1 Å². The lowest BCUT2D eigenvalue weighted by Crippen LogP contribution is -2.52. The molecule has 1 saturated carbocycles. The molecule has 4 aliphatic rings. The van der Waals surface area contributed by atoms with E-state index in [0.717, 1.165) is 55.8 Å². The number of nitrogens with one attached hydrogen (secondary N) is 1. The Hall–Kier alpha value is -2.29. The first-order valence-corrected chi connectivity index (χ1v) is 17.0. The molecule has 1 amide bonds. The van der Waals surface area contributed by atoms with E-state index in [4.69, 9.17) is 16.3 Å². The third kappa shape index (κ3) is 5.48. The van der Waals surface area contributed by atoms with Crippen LogP contribution < -0.4 is 14.4 Å². The van der Waals surface area contributed by atoms with Crippen molar-refractivity contribution in [3.63, 3.8) is 0 Å². The second kappa shape index (κ2) is 10.8. The first kappa shape index (κ1) is 28.8. The van der Waals surface area contributed by atoms with Gasteiger partial charge < -0.3 is 14.7 Å². The van der Waals surface area contributed by atoms with Gasteiger partial charge in [0.1, 0.15) is 5.75 Å². The molecular formula is C32H41ClN2O5S. The number of hydrogen-bond acceptors (Lipinski definition) is 6. The number of ether oxygens (including phenoxy) is 1. The molecule has 1 spiro atoms. The van der Waals surface area contributed by atoms with Gasteiger partial charge in [-0.15, -0.1) is 0 Å². The van der Waals surface area contributed by atoms with Crippen LogP contribution in [0.4, 0.5) is 5.69 Å². The molecule has 222 valence electrons. The van der Waals surface area contributed by atoms with E-state index in [-0.39, 0.29) is 11.3 Å².